The van der Waals surface area contributed by atoms with E-state index in [1.807, 2.05) is 11.8 Å². The van der Waals surface area contributed by atoms with Crippen LogP contribution in [0.15, 0.2) is 0 Å². The summed E-state index contributed by atoms with van der Waals surface area (Å²) in [6.07, 6.45) is 9.05. The number of hydrogen-bond donors (Lipinski definition) is 10. The first-order valence-electron chi connectivity index (χ1n) is 18.2. The molecule has 0 aromatic heterocycles. The quantitative estimate of drug-likeness (QED) is 0.0401. The number of nitrogens with one attached hydrogen (secondary N) is 6. The SMILES string of the molecule is O=C(O)CN1CC[NH+](CC(=O)O)CC[NH+](CC(=O)O)CC[NH+](CC(=O)NCCCCCC[NH2+]CCCCC[C@@H]2SC[C@@H]3NC(=O)N[C@@H]32)CC1. The van der Waals surface area contributed by atoms with Gasteiger partial charge in [-0.25, -0.2) is 14.4 Å². The Hall–Kier alpha value is -2.70. The lowest BCUT2D eigenvalue weighted by Gasteiger charge is -2.29. The van der Waals surface area contributed by atoms with Crippen LogP contribution in [0.5, 0.6) is 0 Å². The summed E-state index contributed by atoms with van der Waals surface area (Å²) in [5.41, 5.74) is 0. The number of unbranched alkanes of at least 4 members (excludes halogenated alkanes) is 5. The molecule has 0 aromatic rings. The summed E-state index contributed by atoms with van der Waals surface area (Å²) in [6, 6.07) is 0.583. The summed E-state index contributed by atoms with van der Waals surface area (Å²) < 4.78 is 0. The Labute approximate surface area is 294 Å². The van der Waals surface area contributed by atoms with E-state index in [4.69, 9.17) is 0 Å². The van der Waals surface area contributed by atoms with Crippen LogP contribution in [-0.2, 0) is 19.2 Å². The number of nitrogens with zero attached hydrogens (tertiary/aromatic N) is 1. The van der Waals surface area contributed by atoms with E-state index in [1.165, 1.54) is 25.7 Å². The Morgan fingerprint density at radius 1 is 0.755 bits per heavy atom. The summed E-state index contributed by atoms with van der Waals surface area (Å²) in [5.74, 6) is -1.87. The van der Waals surface area contributed by atoms with Crippen LogP contribution in [0.3, 0.4) is 0 Å². The Kier molecular flexibility index (Phi) is 19.0. The van der Waals surface area contributed by atoms with Crippen LogP contribution >= 0.6 is 11.8 Å². The normalized spacial score (nSPS) is 26.5. The van der Waals surface area contributed by atoms with Gasteiger partial charge in [-0.2, -0.15) is 11.8 Å². The molecule has 6 atom stereocenters. The van der Waals surface area contributed by atoms with E-state index in [0.717, 1.165) is 59.2 Å². The van der Waals surface area contributed by atoms with E-state index in [-0.39, 0.29) is 38.1 Å². The number of quaternary nitrogens is 4. The standard InChI is InChI=1S/C32H58N8O8S/c41-27(34-11-7-2-1-5-9-33-10-6-3-4-8-26-31-25(24-49-26)35-32(48)36-31)20-37-12-14-38(21-28(42)43)16-18-40(23-30(46)47)19-17-39(15-13-37)22-29(44)45/h25-26,31,33H,1-24H2,(H,34,41)(H,42,43)(H,44,45)(H,46,47)(H2,35,36,48)/p+4/t25-,26-,31-/m0/s1. The van der Waals surface area contributed by atoms with E-state index < -0.39 is 17.9 Å². The van der Waals surface area contributed by atoms with Crippen LogP contribution in [0.2, 0.25) is 0 Å². The van der Waals surface area contributed by atoms with Gasteiger partial charge in [0.25, 0.3) is 5.91 Å². The van der Waals surface area contributed by atoms with Crippen LogP contribution in [-0.4, -0.2) is 171 Å². The minimum absolute atomic E-state index is 0.0174. The van der Waals surface area contributed by atoms with Gasteiger partial charge >= 0.3 is 23.9 Å². The Morgan fingerprint density at radius 3 is 1.94 bits per heavy atom. The van der Waals surface area contributed by atoms with Crippen molar-refractivity contribution in [2.75, 3.05) is 104 Å². The first kappa shape index (κ1) is 40.7. The molecule has 11 N–H and O–H groups in total. The van der Waals surface area contributed by atoms with Gasteiger partial charge in [-0.05, 0) is 38.5 Å². The topological polar surface area (TPSA) is 215 Å². The lowest BCUT2D eigenvalue weighted by Crippen LogP contribution is -3.25. The fourth-order valence-electron chi connectivity index (χ4n) is 7.02. The van der Waals surface area contributed by atoms with Gasteiger partial charge in [0.1, 0.15) is 26.2 Å². The van der Waals surface area contributed by atoms with Crippen molar-refractivity contribution in [2.45, 2.75) is 68.7 Å². The highest BCUT2D eigenvalue weighted by molar-refractivity contribution is 8.00. The van der Waals surface area contributed by atoms with Crippen LogP contribution in [0.4, 0.5) is 4.79 Å². The zero-order valence-corrected chi connectivity index (χ0v) is 29.8. The third kappa shape index (κ3) is 17.2. The maximum absolute atomic E-state index is 12.8. The van der Waals surface area contributed by atoms with Crippen molar-refractivity contribution in [1.29, 1.82) is 0 Å². The monoisotopic (exact) mass is 718 g/mol. The Morgan fingerprint density at radius 2 is 1.33 bits per heavy atom. The highest BCUT2D eigenvalue weighted by Gasteiger charge is 2.42. The zero-order valence-electron chi connectivity index (χ0n) is 29.0. The summed E-state index contributed by atoms with van der Waals surface area (Å²) in [6.45, 7) is 6.60. The largest absolute Gasteiger partial charge is 0.480 e. The van der Waals surface area contributed by atoms with Crippen molar-refractivity contribution in [2.24, 2.45) is 0 Å². The first-order chi connectivity index (χ1) is 23.6. The number of fused-ring (bicyclic) bond motifs is 1. The van der Waals surface area contributed by atoms with E-state index in [2.05, 4.69) is 21.3 Å². The highest BCUT2D eigenvalue weighted by atomic mass is 32.2. The van der Waals surface area contributed by atoms with Crippen molar-refractivity contribution in [1.82, 2.24) is 20.9 Å². The van der Waals surface area contributed by atoms with Crippen molar-refractivity contribution >= 4 is 41.6 Å². The molecule has 0 radical (unpaired) electrons. The Balaban J connectivity index is 1.27. The van der Waals surface area contributed by atoms with E-state index in [9.17, 15) is 39.3 Å². The summed E-state index contributed by atoms with van der Waals surface area (Å²) in [7, 11) is 0. The van der Waals surface area contributed by atoms with E-state index >= 15 is 0 Å². The second-order valence-electron chi connectivity index (χ2n) is 13.8. The molecule has 0 aliphatic carbocycles. The third-order valence-corrected chi connectivity index (χ3v) is 11.3. The van der Waals surface area contributed by atoms with Crippen molar-refractivity contribution in [3.05, 3.63) is 0 Å². The summed E-state index contributed by atoms with van der Waals surface area (Å²) in [5, 5.41) is 40.2. The second-order valence-corrected chi connectivity index (χ2v) is 15.1. The first-order valence-corrected chi connectivity index (χ1v) is 19.3. The number of hydrogen-bond acceptors (Lipinski definition) is 7. The number of thioether (sulfide) groups is 1. The van der Waals surface area contributed by atoms with Gasteiger partial charge in [0, 0.05) is 30.6 Å². The van der Waals surface area contributed by atoms with Crippen LogP contribution in [0.1, 0.15) is 51.4 Å². The lowest BCUT2D eigenvalue weighted by atomic mass is 10.0. The van der Waals surface area contributed by atoms with Gasteiger partial charge in [-0.15, -0.1) is 0 Å². The van der Waals surface area contributed by atoms with Gasteiger partial charge in [0.15, 0.2) is 19.6 Å². The van der Waals surface area contributed by atoms with E-state index in [0.29, 0.717) is 76.2 Å². The fraction of sp³-hybridized carbons (Fsp3) is 0.844. The molecule has 280 valence electrons. The molecule has 3 unspecified atom stereocenters. The molecular formula is C32H62N8O8S+4. The molecule has 3 aliphatic rings. The lowest BCUT2D eigenvalue weighted by molar-refractivity contribution is -0.974. The molecule has 3 fully saturated rings. The number of carbonyl (C=O) groups excluding carboxylic acids is 2. The molecule has 0 saturated carbocycles. The predicted octanol–water partition coefficient (Wildman–Crippen LogP) is -5.82. The summed E-state index contributed by atoms with van der Waals surface area (Å²) in [4.78, 5) is 63.1. The van der Waals surface area contributed by atoms with Gasteiger partial charge in [0.2, 0.25) is 0 Å². The fourth-order valence-corrected chi connectivity index (χ4v) is 8.56. The number of urea groups is 1. The van der Waals surface area contributed by atoms with Gasteiger partial charge < -0.3 is 51.3 Å². The number of amides is 3. The average Bonchev–Trinajstić information content (AvgIpc) is 3.59. The van der Waals surface area contributed by atoms with Crippen molar-refractivity contribution < 1.29 is 59.3 Å². The minimum Gasteiger partial charge on any atom is -0.480 e. The number of rotatable bonds is 21. The number of aliphatic carboxylic acids is 3. The van der Waals surface area contributed by atoms with Crippen LogP contribution in [0, 0.1) is 0 Å². The Bertz CT molecular complexity index is 1030. The van der Waals surface area contributed by atoms with Crippen molar-refractivity contribution in [3.63, 3.8) is 0 Å². The number of carboxylic acids is 3. The highest BCUT2D eigenvalue weighted by Crippen LogP contribution is 2.33. The molecule has 49 heavy (non-hydrogen) atoms. The maximum Gasteiger partial charge on any atom is 0.359 e. The van der Waals surface area contributed by atoms with Gasteiger partial charge in [0.05, 0.1) is 44.8 Å². The number of nitrogens with two attached hydrogens (primary N) is 1. The zero-order chi connectivity index (χ0) is 35.4. The molecule has 3 saturated heterocycles. The predicted molar refractivity (Wildman–Crippen MR) is 183 cm³/mol. The maximum atomic E-state index is 12.8. The van der Waals surface area contributed by atoms with E-state index in [1.54, 1.807) is 4.90 Å². The smallest absolute Gasteiger partial charge is 0.359 e. The summed E-state index contributed by atoms with van der Waals surface area (Å²) >= 11 is 1.98. The molecule has 3 aliphatic heterocycles. The molecule has 3 rings (SSSR count). The number of carboxylic acid groups (broad SMARTS) is 3. The second kappa shape index (κ2) is 22.9. The average molecular weight is 719 g/mol. The molecule has 3 amide bonds. The van der Waals surface area contributed by atoms with Crippen LogP contribution < -0.4 is 36.0 Å². The van der Waals surface area contributed by atoms with Crippen molar-refractivity contribution in [3.8, 4) is 0 Å². The van der Waals surface area contributed by atoms with Crippen LogP contribution in [0.25, 0.3) is 0 Å². The molecule has 3 heterocycles. The van der Waals surface area contributed by atoms with Gasteiger partial charge in [-0.3, -0.25) is 14.5 Å². The number of carbonyl (C=O) groups is 5. The molecular weight excluding hydrogens is 656 g/mol. The molecule has 17 heteroatoms. The van der Waals surface area contributed by atoms with Gasteiger partial charge in [-0.1, -0.05) is 12.8 Å². The molecule has 16 nitrogen and oxygen atoms in total. The minimum atomic E-state index is -0.954. The molecule has 0 bridgehead atoms. The molecule has 0 aromatic carbocycles. The third-order valence-electron chi connectivity index (χ3n) is 9.79. The molecule has 0 spiro atoms.